The number of likely N-dealkylation sites (N-methyl/N-ethyl adjacent to an activating group) is 1. The number of ether oxygens (including phenoxy) is 2. The van der Waals surface area contributed by atoms with E-state index in [4.69, 9.17) is 9.73 Å². The number of benzene rings is 3. The van der Waals surface area contributed by atoms with E-state index in [1.54, 1.807) is 41.7 Å². The van der Waals surface area contributed by atoms with E-state index in [0.717, 1.165) is 10.8 Å². The second-order valence-electron chi connectivity index (χ2n) is 9.41. The minimum absolute atomic E-state index is 0.0249. The number of alkyl halides is 2. The van der Waals surface area contributed by atoms with E-state index in [1.165, 1.54) is 23.5 Å². The van der Waals surface area contributed by atoms with Crippen LogP contribution in [0, 0.1) is 0 Å². The normalized spacial score (nSPS) is 15.2. The quantitative estimate of drug-likeness (QED) is 0.300. The van der Waals surface area contributed by atoms with Crippen LogP contribution in [0.2, 0.25) is 0 Å². The van der Waals surface area contributed by atoms with Crippen LogP contribution in [0.1, 0.15) is 37.9 Å². The first-order valence-electron chi connectivity index (χ1n) is 13.2. The van der Waals surface area contributed by atoms with Crippen molar-refractivity contribution in [3.63, 3.8) is 0 Å². The molecule has 1 amide bonds. The monoisotopic (exact) mass is 577 g/mol. The summed E-state index contributed by atoms with van der Waals surface area (Å²) in [5, 5.41) is 1.81. The van der Waals surface area contributed by atoms with Gasteiger partial charge in [-0.1, -0.05) is 53.8 Å². The van der Waals surface area contributed by atoms with Gasteiger partial charge in [0.1, 0.15) is 17.5 Å². The number of hydrogen-bond acceptors (Lipinski definition) is 6. The summed E-state index contributed by atoms with van der Waals surface area (Å²) in [4.78, 5) is 35.0. The van der Waals surface area contributed by atoms with Gasteiger partial charge in [-0.25, -0.2) is 4.99 Å². The minimum Gasteiger partial charge on any atom is -0.496 e. The number of nitrogens with zero attached hydrogens (tertiary/aromatic N) is 3. The largest absolute Gasteiger partial charge is 0.496 e. The Morgan fingerprint density at radius 1 is 1.10 bits per heavy atom. The molecule has 2 heterocycles. The summed E-state index contributed by atoms with van der Waals surface area (Å²) in [5.41, 5.74) is 1.96. The summed E-state index contributed by atoms with van der Waals surface area (Å²) in [6.07, 6.45) is 1.68. The lowest BCUT2D eigenvalue weighted by Gasteiger charge is -2.30. The summed E-state index contributed by atoms with van der Waals surface area (Å²) in [6, 6.07) is 16.8. The number of thiazole rings is 1. The van der Waals surface area contributed by atoms with Gasteiger partial charge < -0.3 is 14.4 Å². The van der Waals surface area contributed by atoms with Gasteiger partial charge in [-0.3, -0.25) is 14.2 Å². The Bertz CT molecular complexity index is 1820. The van der Waals surface area contributed by atoms with Crippen molar-refractivity contribution in [3.05, 3.63) is 103 Å². The van der Waals surface area contributed by atoms with Crippen molar-refractivity contribution in [1.29, 1.82) is 0 Å². The van der Waals surface area contributed by atoms with Crippen LogP contribution in [0.15, 0.2) is 81.7 Å². The fourth-order valence-corrected chi connectivity index (χ4v) is 6.23. The third kappa shape index (κ3) is 5.27. The summed E-state index contributed by atoms with van der Waals surface area (Å²) in [7, 11) is 1.57. The Labute approximate surface area is 239 Å². The average molecular weight is 578 g/mol. The van der Waals surface area contributed by atoms with Gasteiger partial charge in [0.2, 0.25) is 0 Å². The number of carbonyl (C=O) groups is 1. The van der Waals surface area contributed by atoms with Crippen molar-refractivity contribution in [2.45, 2.75) is 33.4 Å². The van der Waals surface area contributed by atoms with Crippen molar-refractivity contribution in [2.24, 2.45) is 4.99 Å². The third-order valence-corrected chi connectivity index (χ3v) is 8.11. The van der Waals surface area contributed by atoms with Crippen molar-refractivity contribution in [1.82, 2.24) is 9.47 Å². The predicted molar refractivity (Wildman–Crippen MR) is 155 cm³/mol. The Morgan fingerprint density at radius 3 is 2.46 bits per heavy atom. The summed E-state index contributed by atoms with van der Waals surface area (Å²) in [5.74, 6) is 0.384. The molecule has 1 aliphatic heterocycles. The molecule has 5 rings (SSSR count). The minimum atomic E-state index is -2.92. The van der Waals surface area contributed by atoms with Gasteiger partial charge in [0, 0.05) is 18.7 Å². The number of fused-ring (bicyclic) bond motifs is 2. The van der Waals surface area contributed by atoms with Crippen LogP contribution in [0.5, 0.6) is 11.5 Å². The van der Waals surface area contributed by atoms with E-state index in [2.05, 4.69) is 4.74 Å². The Hall–Kier alpha value is -4.31. The first-order chi connectivity index (χ1) is 19.8. The molecule has 4 aromatic rings. The molecule has 0 aliphatic carbocycles. The molecule has 10 heteroatoms. The van der Waals surface area contributed by atoms with Gasteiger partial charge in [-0.15, -0.1) is 0 Å². The van der Waals surface area contributed by atoms with Gasteiger partial charge in [-0.2, -0.15) is 8.78 Å². The zero-order chi connectivity index (χ0) is 29.3. The molecule has 1 aromatic heterocycles. The van der Waals surface area contributed by atoms with E-state index in [-0.39, 0.29) is 17.2 Å². The van der Waals surface area contributed by atoms with Crippen LogP contribution >= 0.6 is 11.3 Å². The van der Waals surface area contributed by atoms with E-state index < -0.39 is 12.7 Å². The molecule has 0 spiro atoms. The first kappa shape index (κ1) is 28.2. The second-order valence-corrected chi connectivity index (χ2v) is 10.4. The fraction of sp³-hybridized carbons (Fsp3) is 0.258. The maximum atomic E-state index is 14.1. The van der Waals surface area contributed by atoms with Gasteiger partial charge in [0.15, 0.2) is 4.80 Å². The lowest BCUT2D eigenvalue weighted by atomic mass is 9.90. The predicted octanol–water partition coefficient (Wildman–Crippen LogP) is 4.87. The zero-order valence-corrected chi connectivity index (χ0v) is 23.9. The molecule has 0 unspecified atom stereocenters. The Kier molecular flexibility index (Phi) is 8.03. The SMILES string of the molecule is CCN(CC)C(=O)C1=C(C)N=c2s/c(=C\c3ccc(OC(F)F)cc3)c(=O)n2[C@H]1c1c(OC)ccc2ccccc12. The highest BCUT2D eigenvalue weighted by atomic mass is 32.1. The van der Waals surface area contributed by atoms with E-state index in [1.807, 2.05) is 50.2 Å². The number of carbonyl (C=O) groups excluding carboxylic acids is 1. The number of amides is 1. The Morgan fingerprint density at radius 2 is 1.80 bits per heavy atom. The lowest BCUT2D eigenvalue weighted by Crippen LogP contribution is -2.43. The van der Waals surface area contributed by atoms with Crippen molar-refractivity contribution >= 4 is 34.1 Å². The van der Waals surface area contributed by atoms with Crippen LogP contribution in [-0.4, -0.2) is 42.2 Å². The highest BCUT2D eigenvalue weighted by molar-refractivity contribution is 7.07. The maximum absolute atomic E-state index is 14.1. The topological polar surface area (TPSA) is 73.1 Å². The molecular formula is C31H29F2N3O4S. The van der Waals surface area contributed by atoms with Gasteiger partial charge in [0.05, 0.1) is 22.9 Å². The highest BCUT2D eigenvalue weighted by Crippen LogP contribution is 2.40. The molecule has 41 heavy (non-hydrogen) atoms. The van der Waals surface area contributed by atoms with Crippen molar-refractivity contribution < 1.29 is 23.0 Å². The number of hydrogen-bond donors (Lipinski definition) is 0. The van der Waals surface area contributed by atoms with Crippen molar-refractivity contribution in [2.75, 3.05) is 20.2 Å². The smallest absolute Gasteiger partial charge is 0.387 e. The molecule has 1 aliphatic rings. The summed E-state index contributed by atoms with van der Waals surface area (Å²) >= 11 is 1.20. The molecule has 0 radical (unpaired) electrons. The first-order valence-corrected chi connectivity index (χ1v) is 14.0. The number of methoxy groups -OCH3 is 1. The molecule has 0 fully saturated rings. The number of aromatic nitrogens is 1. The number of halogens is 2. The summed E-state index contributed by atoms with van der Waals surface area (Å²) < 4.78 is 37.4. The number of allylic oxidation sites excluding steroid dienone is 1. The Balaban J connectivity index is 1.77. The molecular weight excluding hydrogens is 548 g/mol. The van der Waals surface area contributed by atoms with Crippen LogP contribution in [0.4, 0.5) is 8.78 Å². The molecule has 3 aromatic carbocycles. The van der Waals surface area contributed by atoms with Crippen molar-refractivity contribution in [3.8, 4) is 11.5 Å². The molecule has 212 valence electrons. The molecule has 0 saturated heterocycles. The van der Waals surface area contributed by atoms with Crippen LogP contribution in [0.3, 0.4) is 0 Å². The molecule has 7 nitrogen and oxygen atoms in total. The van der Waals surface area contributed by atoms with E-state index in [0.29, 0.717) is 50.6 Å². The third-order valence-electron chi connectivity index (χ3n) is 7.13. The van der Waals surface area contributed by atoms with E-state index in [9.17, 15) is 18.4 Å². The van der Waals surface area contributed by atoms with Gasteiger partial charge in [0.25, 0.3) is 11.5 Å². The lowest BCUT2D eigenvalue weighted by molar-refractivity contribution is -0.127. The van der Waals surface area contributed by atoms with Gasteiger partial charge >= 0.3 is 6.61 Å². The maximum Gasteiger partial charge on any atom is 0.387 e. The van der Waals surface area contributed by atoms with Crippen LogP contribution in [0.25, 0.3) is 16.8 Å². The zero-order valence-electron chi connectivity index (χ0n) is 23.1. The number of rotatable bonds is 8. The molecule has 1 atom stereocenters. The molecule has 0 bridgehead atoms. The standard InChI is InChI=1S/C31H29F2N3O4S/c1-5-35(6-2)29(38)25-18(3)34-31-36(27(25)26-22-10-8-7-9-20(22)13-16-23(26)39-4)28(37)24(41-31)17-19-11-14-21(15-12-19)40-30(32)33/h7-17,27,30H,5-6H2,1-4H3/b24-17-/t27-/m1/s1. The molecule has 0 saturated carbocycles. The van der Waals surface area contributed by atoms with Crippen LogP contribution < -0.4 is 24.4 Å². The second kappa shape index (κ2) is 11.7. The average Bonchev–Trinajstić information content (AvgIpc) is 3.26. The van der Waals surface area contributed by atoms with E-state index >= 15 is 0 Å². The van der Waals surface area contributed by atoms with Crippen LogP contribution in [-0.2, 0) is 4.79 Å². The highest BCUT2D eigenvalue weighted by Gasteiger charge is 2.36. The summed E-state index contributed by atoms with van der Waals surface area (Å²) in [6.45, 7) is 3.70. The van der Waals surface area contributed by atoms with Gasteiger partial charge in [-0.05, 0) is 61.4 Å². The molecule has 0 N–H and O–H groups in total. The fourth-order valence-electron chi connectivity index (χ4n) is 5.18.